The molecule has 3 nitrogen and oxygen atoms in total. The highest BCUT2D eigenvalue weighted by Gasteiger charge is 2.08. The number of carbonyl (C=O) groups excluding carboxylic acids is 1. The topological polar surface area (TPSA) is 33.2 Å². The summed E-state index contributed by atoms with van der Waals surface area (Å²) in [4.78, 5) is 18.2. The fourth-order valence-corrected chi connectivity index (χ4v) is 2.93. The van der Waals surface area contributed by atoms with E-state index in [0.29, 0.717) is 5.69 Å². The average molecular weight is 338 g/mol. The van der Waals surface area contributed by atoms with Crippen LogP contribution < -0.4 is 4.90 Å². The van der Waals surface area contributed by atoms with E-state index in [-0.39, 0.29) is 11.7 Å². The van der Waals surface area contributed by atoms with Crippen LogP contribution in [0.3, 0.4) is 0 Å². The summed E-state index contributed by atoms with van der Waals surface area (Å²) >= 11 is 1.46. The molecule has 0 fully saturated rings. The summed E-state index contributed by atoms with van der Waals surface area (Å²) in [5.41, 5.74) is 2.39. The van der Waals surface area contributed by atoms with Gasteiger partial charge in [-0.2, -0.15) is 0 Å². The van der Waals surface area contributed by atoms with Crippen molar-refractivity contribution in [1.82, 2.24) is 4.98 Å². The zero-order valence-corrected chi connectivity index (χ0v) is 13.8. The number of amides is 1. The standard InChI is InChI=1S/C19H15FN2OS/c1-22(17-5-3-2-4-6-17)18(23)12-11-16-13-24-19(21-16)14-7-9-15(20)10-8-14/h2-13H,1H3. The van der Waals surface area contributed by atoms with Crippen LogP contribution in [0.2, 0.25) is 0 Å². The van der Waals surface area contributed by atoms with Gasteiger partial charge in [0.1, 0.15) is 10.8 Å². The lowest BCUT2D eigenvalue weighted by Gasteiger charge is -2.14. The third-order valence-corrected chi connectivity index (χ3v) is 4.39. The van der Waals surface area contributed by atoms with Gasteiger partial charge in [-0.1, -0.05) is 18.2 Å². The van der Waals surface area contributed by atoms with Gasteiger partial charge in [-0.3, -0.25) is 4.79 Å². The summed E-state index contributed by atoms with van der Waals surface area (Å²) in [5.74, 6) is -0.400. The number of likely N-dealkylation sites (N-methyl/N-ethyl adjacent to an activating group) is 1. The van der Waals surface area contributed by atoms with Crippen LogP contribution in [-0.2, 0) is 4.79 Å². The zero-order valence-electron chi connectivity index (χ0n) is 13.0. The summed E-state index contributed by atoms with van der Waals surface area (Å²) in [5, 5.41) is 2.66. The normalized spacial score (nSPS) is 10.9. The van der Waals surface area contributed by atoms with Gasteiger partial charge in [-0.05, 0) is 42.5 Å². The average Bonchev–Trinajstić information content (AvgIpc) is 3.09. The van der Waals surface area contributed by atoms with Gasteiger partial charge in [0.25, 0.3) is 5.91 Å². The second-order valence-corrected chi connectivity index (χ2v) is 6.01. The number of hydrogen-bond acceptors (Lipinski definition) is 3. The van der Waals surface area contributed by atoms with Gasteiger partial charge in [-0.25, -0.2) is 9.37 Å². The summed E-state index contributed by atoms with van der Waals surface area (Å²) in [7, 11) is 1.73. The van der Waals surface area contributed by atoms with Gasteiger partial charge in [0.15, 0.2) is 0 Å². The van der Waals surface area contributed by atoms with Gasteiger partial charge in [0, 0.05) is 29.8 Å². The van der Waals surface area contributed by atoms with E-state index in [1.165, 1.54) is 29.5 Å². The van der Waals surface area contributed by atoms with Crippen LogP contribution in [-0.4, -0.2) is 17.9 Å². The smallest absolute Gasteiger partial charge is 0.250 e. The van der Waals surface area contributed by atoms with Gasteiger partial charge < -0.3 is 4.90 Å². The molecule has 24 heavy (non-hydrogen) atoms. The number of thiazole rings is 1. The first kappa shape index (κ1) is 16.1. The van der Waals surface area contributed by atoms with Crippen molar-refractivity contribution in [3.05, 3.63) is 77.6 Å². The number of benzene rings is 2. The van der Waals surface area contributed by atoms with Crippen LogP contribution in [0.25, 0.3) is 16.6 Å². The van der Waals surface area contributed by atoms with Crippen molar-refractivity contribution in [2.24, 2.45) is 0 Å². The van der Waals surface area contributed by atoms with Crippen LogP contribution in [0.15, 0.2) is 66.1 Å². The van der Waals surface area contributed by atoms with Crippen molar-refractivity contribution in [3.8, 4) is 10.6 Å². The summed E-state index contributed by atoms with van der Waals surface area (Å²) < 4.78 is 13.0. The van der Waals surface area contributed by atoms with E-state index in [1.807, 2.05) is 35.7 Å². The van der Waals surface area contributed by atoms with Crippen LogP contribution in [0.1, 0.15) is 5.69 Å². The van der Waals surface area contributed by atoms with E-state index in [0.717, 1.165) is 16.3 Å². The zero-order chi connectivity index (χ0) is 16.9. The first-order chi connectivity index (χ1) is 11.6. The Bertz CT molecular complexity index is 857. The molecule has 1 aromatic heterocycles. The highest BCUT2D eigenvalue weighted by molar-refractivity contribution is 7.13. The Balaban J connectivity index is 1.71. The Hall–Kier alpha value is -2.79. The molecule has 0 spiro atoms. The molecular weight excluding hydrogens is 323 g/mol. The summed E-state index contributed by atoms with van der Waals surface area (Å²) in [6.45, 7) is 0. The van der Waals surface area contributed by atoms with Crippen LogP contribution in [0, 0.1) is 5.82 Å². The fraction of sp³-hybridized carbons (Fsp3) is 0.0526. The second kappa shape index (κ2) is 7.19. The van der Waals surface area contributed by atoms with Crippen molar-refractivity contribution >= 4 is 29.0 Å². The Kier molecular flexibility index (Phi) is 4.82. The minimum Gasteiger partial charge on any atom is -0.312 e. The molecule has 0 N–H and O–H groups in total. The van der Waals surface area contributed by atoms with Crippen LogP contribution >= 0.6 is 11.3 Å². The monoisotopic (exact) mass is 338 g/mol. The fourth-order valence-electron chi connectivity index (χ4n) is 2.14. The third-order valence-electron chi connectivity index (χ3n) is 3.48. The molecule has 0 bridgehead atoms. The summed E-state index contributed by atoms with van der Waals surface area (Å²) in [6.07, 6.45) is 3.18. The number of halogens is 1. The molecular formula is C19H15FN2OS. The first-order valence-electron chi connectivity index (χ1n) is 7.36. The van der Waals surface area contributed by atoms with Crippen LogP contribution in [0.5, 0.6) is 0 Å². The van der Waals surface area contributed by atoms with E-state index in [4.69, 9.17) is 0 Å². The Labute approximate surface area is 143 Å². The second-order valence-electron chi connectivity index (χ2n) is 5.15. The highest BCUT2D eigenvalue weighted by Crippen LogP contribution is 2.24. The molecule has 3 aromatic rings. The van der Waals surface area contributed by atoms with E-state index in [1.54, 1.807) is 30.2 Å². The molecule has 5 heteroatoms. The number of rotatable bonds is 4. The van der Waals surface area contributed by atoms with Crippen LogP contribution in [0.4, 0.5) is 10.1 Å². The molecule has 120 valence electrons. The number of hydrogen-bond donors (Lipinski definition) is 0. The molecule has 0 aliphatic carbocycles. The molecule has 0 radical (unpaired) electrons. The number of aromatic nitrogens is 1. The summed E-state index contributed by atoms with van der Waals surface area (Å²) in [6, 6.07) is 15.6. The molecule has 3 rings (SSSR count). The van der Waals surface area contributed by atoms with Crippen molar-refractivity contribution in [2.75, 3.05) is 11.9 Å². The number of nitrogens with zero attached hydrogens (tertiary/aromatic N) is 2. The van der Waals surface area contributed by atoms with E-state index in [9.17, 15) is 9.18 Å². The maximum atomic E-state index is 13.0. The molecule has 0 aliphatic heterocycles. The molecule has 1 amide bonds. The largest absolute Gasteiger partial charge is 0.312 e. The Morgan fingerprint density at radius 1 is 1.12 bits per heavy atom. The SMILES string of the molecule is CN(C(=O)C=Cc1csc(-c2ccc(F)cc2)n1)c1ccccc1. The number of anilines is 1. The Morgan fingerprint density at radius 2 is 1.83 bits per heavy atom. The highest BCUT2D eigenvalue weighted by atomic mass is 32.1. The van der Waals surface area contributed by atoms with Gasteiger partial charge in [0.2, 0.25) is 0 Å². The maximum absolute atomic E-state index is 13.0. The third kappa shape index (κ3) is 3.75. The molecule has 0 atom stereocenters. The molecule has 0 saturated carbocycles. The predicted octanol–water partition coefficient (Wildman–Crippen LogP) is 4.63. The quantitative estimate of drug-likeness (QED) is 0.650. The minimum atomic E-state index is -0.273. The lowest BCUT2D eigenvalue weighted by atomic mass is 10.2. The van der Waals surface area contributed by atoms with Crippen molar-refractivity contribution < 1.29 is 9.18 Å². The molecule has 0 saturated heterocycles. The molecule has 0 unspecified atom stereocenters. The number of para-hydroxylation sites is 1. The van der Waals surface area contributed by atoms with E-state index in [2.05, 4.69) is 4.98 Å². The van der Waals surface area contributed by atoms with E-state index < -0.39 is 0 Å². The molecule has 2 aromatic carbocycles. The van der Waals surface area contributed by atoms with Crippen molar-refractivity contribution in [1.29, 1.82) is 0 Å². The molecule has 0 aliphatic rings. The maximum Gasteiger partial charge on any atom is 0.250 e. The predicted molar refractivity (Wildman–Crippen MR) is 96.4 cm³/mol. The van der Waals surface area contributed by atoms with E-state index >= 15 is 0 Å². The van der Waals surface area contributed by atoms with Gasteiger partial charge in [-0.15, -0.1) is 11.3 Å². The van der Waals surface area contributed by atoms with Gasteiger partial charge in [0.05, 0.1) is 5.69 Å². The molecule has 1 heterocycles. The van der Waals surface area contributed by atoms with Gasteiger partial charge >= 0.3 is 0 Å². The lowest BCUT2D eigenvalue weighted by molar-refractivity contribution is -0.113. The first-order valence-corrected chi connectivity index (χ1v) is 8.24. The number of carbonyl (C=O) groups is 1. The van der Waals surface area contributed by atoms with Crippen molar-refractivity contribution in [3.63, 3.8) is 0 Å². The van der Waals surface area contributed by atoms with Crippen molar-refractivity contribution in [2.45, 2.75) is 0 Å². The lowest BCUT2D eigenvalue weighted by Crippen LogP contribution is -2.23. The minimum absolute atomic E-state index is 0.127. The Morgan fingerprint density at radius 3 is 2.54 bits per heavy atom.